The van der Waals surface area contributed by atoms with Gasteiger partial charge in [0, 0.05) is 13.2 Å². The van der Waals surface area contributed by atoms with Crippen molar-refractivity contribution < 1.29 is 14.3 Å². The van der Waals surface area contributed by atoms with Gasteiger partial charge in [-0.3, -0.25) is 0 Å². The molecule has 0 saturated heterocycles. The predicted octanol–water partition coefficient (Wildman–Crippen LogP) is -0.636. The summed E-state index contributed by atoms with van der Waals surface area (Å²) in [6, 6.07) is -0.901. The first-order valence-corrected chi connectivity index (χ1v) is 3.93. The molecule has 5 heteroatoms. The Labute approximate surface area is 77.7 Å². The molecule has 0 aromatic heterocycles. The Morgan fingerprint density at radius 3 is 2.54 bits per heavy atom. The Morgan fingerprint density at radius 2 is 2.08 bits per heavy atom. The first-order chi connectivity index (χ1) is 6.07. The smallest absolute Gasteiger partial charge is 0.329 e. The highest BCUT2D eigenvalue weighted by Gasteiger charge is 2.10. The monoisotopic (exact) mass is 188 g/mol. The lowest BCUT2D eigenvalue weighted by molar-refractivity contribution is -0.154. The fraction of sp³-hybridized carbons (Fsp3) is 0.625. The number of hydrogen-bond donors (Lipinski definition) is 2. The van der Waals surface area contributed by atoms with Crippen molar-refractivity contribution >= 4 is 5.97 Å². The zero-order valence-electron chi connectivity index (χ0n) is 7.90. The van der Waals surface area contributed by atoms with Crippen LogP contribution in [0.5, 0.6) is 0 Å². The van der Waals surface area contributed by atoms with E-state index in [1.165, 1.54) is 13.2 Å². The van der Waals surface area contributed by atoms with Crippen LogP contribution in [0.4, 0.5) is 0 Å². The van der Waals surface area contributed by atoms with Crippen LogP contribution in [0.1, 0.15) is 6.92 Å². The van der Waals surface area contributed by atoms with Crippen LogP contribution in [-0.2, 0) is 14.3 Å². The summed E-state index contributed by atoms with van der Waals surface area (Å²) >= 11 is 0. The molecule has 0 aliphatic heterocycles. The molecule has 13 heavy (non-hydrogen) atoms. The number of nitrogens with two attached hydrogens (primary N) is 2. The summed E-state index contributed by atoms with van der Waals surface area (Å²) in [6.07, 6.45) is 3.14. The molecule has 0 aromatic carbocycles. The van der Waals surface area contributed by atoms with E-state index in [0.29, 0.717) is 0 Å². The minimum absolute atomic E-state index is 0.0848. The van der Waals surface area contributed by atoms with E-state index in [0.717, 1.165) is 0 Å². The molecule has 0 amide bonds. The van der Waals surface area contributed by atoms with E-state index in [4.69, 9.17) is 11.5 Å². The Balaban J connectivity index is 3.82. The molecule has 0 bridgehead atoms. The molecule has 76 valence electrons. The lowest BCUT2D eigenvalue weighted by Crippen LogP contribution is -2.31. The fourth-order valence-electron chi connectivity index (χ4n) is 0.587. The van der Waals surface area contributed by atoms with Crippen molar-refractivity contribution in [2.75, 3.05) is 13.9 Å². The molecule has 0 fully saturated rings. The molecular formula is C8H16N2O3. The van der Waals surface area contributed by atoms with Gasteiger partial charge >= 0.3 is 5.97 Å². The van der Waals surface area contributed by atoms with E-state index in [9.17, 15) is 4.79 Å². The molecular weight excluding hydrogens is 172 g/mol. The van der Waals surface area contributed by atoms with Crippen molar-refractivity contribution in [2.45, 2.75) is 19.0 Å². The highest BCUT2D eigenvalue weighted by molar-refractivity contribution is 5.77. The second-order valence-electron chi connectivity index (χ2n) is 2.64. The third-order valence-electron chi connectivity index (χ3n) is 1.21. The summed E-state index contributed by atoms with van der Waals surface area (Å²) in [5.74, 6) is -0.529. The van der Waals surface area contributed by atoms with Gasteiger partial charge in [-0.05, 0) is 6.92 Å². The zero-order chi connectivity index (χ0) is 10.3. The van der Waals surface area contributed by atoms with Gasteiger partial charge in [-0.25, -0.2) is 4.79 Å². The SMILES string of the molecule is COCOC(=O)C(N)/C=C\C(C)N. The lowest BCUT2D eigenvalue weighted by atomic mass is 10.2. The van der Waals surface area contributed by atoms with Gasteiger partial charge < -0.3 is 20.9 Å². The van der Waals surface area contributed by atoms with Gasteiger partial charge in [-0.15, -0.1) is 0 Å². The second-order valence-corrected chi connectivity index (χ2v) is 2.64. The third-order valence-corrected chi connectivity index (χ3v) is 1.21. The highest BCUT2D eigenvalue weighted by atomic mass is 16.7. The number of carbonyl (C=O) groups excluding carboxylic acids is 1. The van der Waals surface area contributed by atoms with Gasteiger partial charge in [0.15, 0.2) is 6.79 Å². The summed E-state index contributed by atoms with van der Waals surface area (Å²) in [5, 5.41) is 0. The maximum Gasteiger partial charge on any atom is 0.329 e. The largest absolute Gasteiger partial charge is 0.437 e. The number of methoxy groups -OCH3 is 1. The zero-order valence-corrected chi connectivity index (χ0v) is 7.90. The normalized spacial score (nSPS) is 15.7. The van der Waals surface area contributed by atoms with Gasteiger partial charge in [0.05, 0.1) is 0 Å². The quantitative estimate of drug-likeness (QED) is 0.340. The molecule has 0 radical (unpaired) electrons. The predicted molar refractivity (Wildman–Crippen MR) is 48.7 cm³/mol. The number of esters is 1. The van der Waals surface area contributed by atoms with Crippen molar-refractivity contribution in [1.29, 1.82) is 0 Å². The number of rotatable bonds is 5. The van der Waals surface area contributed by atoms with Crippen LogP contribution >= 0.6 is 0 Å². The van der Waals surface area contributed by atoms with Crippen LogP contribution in [0, 0.1) is 0 Å². The summed E-state index contributed by atoms with van der Waals surface area (Å²) in [5.41, 5.74) is 10.9. The van der Waals surface area contributed by atoms with E-state index >= 15 is 0 Å². The first-order valence-electron chi connectivity index (χ1n) is 3.93. The van der Waals surface area contributed by atoms with Gasteiger partial charge in [-0.2, -0.15) is 0 Å². The average Bonchev–Trinajstić information content (AvgIpc) is 2.10. The van der Waals surface area contributed by atoms with Crippen molar-refractivity contribution in [3.63, 3.8) is 0 Å². The first kappa shape index (κ1) is 12.1. The minimum atomic E-state index is -0.777. The molecule has 2 atom stereocenters. The van der Waals surface area contributed by atoms with E-state index in [1.54, 1.807) is 13.0 Å². The Bertz CT molecular complexity index is 180. The van der Waals surface area contributed by atoms with Crippen molar-refractivity contribution in [3.8, 4) is 0 Å². The molecule has 0 aromatic rings. The molecule has 0 heterocycles. The number of carbonyl (C=O) groups is 1. The van der Waals surface area contributed by atoms with E-state index in [1.807, 2.05) is 0 Å². The standard InChI is InChI=1S/C8H16N2O3/c1-6(9)3-4-7(10)8(11)13-5-12-2/h3-4,6-7H,5,9-10H2,1-2H3/b4-3-. The lowest BCUT2D eigenvalue weighted by Gasteiger charge is -2.06. The van der Waals surface area contributed by atoms with E-state index < -0.39 is 12.0 Å². The van der Waals surface area contributed by atoms with Gasteiger partial charge in [0.1, 0.15) is 6.04 Å². The van der Waals surface area contributed by atoms with Gasteiger partial charge in [0.2, 0.25) is 0 Å². The average molecular weight is 188 g/mol. The Hall–Kier alpha value is -0.910. The highest BCUT2D eigenvalue weighted by Crippen LogP contribution is 1.90. The molecule has 0 spiro atoms. The molecule has 0 aliphatic rings. The van der Waals surface area contributed by atoms with Crippen molar-refractivity contribution in [3.05, 3.63) is 12.2 Å². The van der Waals surface area contributed by atoms with Crippen LogP contribution in [0.15, 0.2) is 12.2 Å². The van der Waals surface area contributed by atoms with Gasteiger partial charge in [-0.1, -0.05) is 12.2 Å². The maximum atomic E-state index is 11.0. The minimum Gasteiger partial charge on any atom is -0.437 e. The van der Waals surface area contributed by atoms with Crippen LogP contribution in [0.3, 0.4) is 0 Å². The third kappa shape index (κ3) is 6.27. The molecule has 0 aliphatic carbocycles. The Kier molecular flexibility index (Phi) is 6.13. The van der Waals surface area contributed by atoms with Crippen LogP contribution < -0.4 is 11.5 Å². The number of hydrogen-bond acceptors (Lipinski definition) is 5. The van der Waals surface area contributed by atoms with Crippen molar-refractivity contribution in [1.82, 2.24) is 0 Å². The van der Waals surface area contributed by atoms with Crippen LogP contribution in [0.25, 0.3) is 0 Å². The summed E-state index contributed by atoms with van der Waals surface area (Å²) < 4.78 is 9.15. The second kappa shape index (κ2) is 6.59. The summed E-state index contributed by atoms with van der Waals surface area (Å²) in [4.78, 5) is 11.0. The van der Waals surface area contributed by atoms with E-state index in [2.05, 4.69) is 9.47 Å². The van der Waals surface area contributed by atoms with Gasteiger partial charge in [0.25, 0.3) is 0 Å². The topological polar surface area (TPSA) is 87.6 Å². The number of ether oxygens (including phenoxy) is 2. The summed E-state index contributed by atoms with van der Waals surface area (Å²) in [7, 11) is 1.43. The maximum absolute atomic E-state index is 11.0. The molecule has 4 N–H and O–H groups in total. The summed E-state index contributed by atoms with van der Waals surface area (Å²) in [6.45, 7) is 1.70. The van der Waals surface area contributed by atoms with Crippen LogP contribution in [0.2, 0.25) is 0 Å². The Morgan fingerprint density at radius 1 is 1.46 bits per heavy atom. The fourth-order valence-corrected chi connectivity index (χ4v) is 0.587. The molecule has 5 nitrogen and oxygen atoms in total. The van der Waals surface area contributed by atoms with Crippen molar-refractivity contribution in [2.24, 2.45) is 11.5 Å². The molecule has 0 rings (SSSR count). The molecule has 2 unspecified atom stereocenters. The molecule has 0 saturated carbocycles. The van der Waals surface area contributed by atoms with Crippen LogP contribution in [-0.4, -0.2) is 32.0 Å². The van der Waals surface area contributed by atoms with E-state index in [-0.39, 0.29) is 12.8 Å².